The van der Waals surface area contributed by atoms with Crippen LogP contribution in [0, 0.1) is 0 Å². The van der Waals surface area contributed by atoms with E-state index in [-0.39, 0.29) is 6.10 Å². The Bertz CT molecular complexity index is 353. The molecule has 0 radical (unpaired) electrons. The van der Waals surface area contributed by atoms with Crippen LogP contribution in [0.1, 0.15) is 27.2 Å². The zero-order chi connectivity index (χ0) is 13.4. The number of benzene rings is 1. The first-order chi connectivity index (χ1) is 8.67. The molecule has 102 valence electrons. The Balaban J connectivity index is 2.72. The first-order valence-corrected chi connectivity index (χ1v) is 6.49. The average Bonchev–Trinajstić information content (AvgIpc) is 2.32. The van der Waals surface area contributed by atoms with Crippen LogP contribution in [-0.2, 0) is 0 Å². The Labute approximate surface area is 109 Å². The first-order valence-electron chi connectivity index (χ1n) is 6.49. The van der Waals surface area contributed by atoms with Crippen molar-refractivity contribution in [3.05, 3.63) is 18.2 Å². The van der Waals surface area contributed by atoms with Crippen LogP contribution in [0.5, 0.6) is 11.5 Å². The summed E-state index contributed by atoms with van der Waals surface area (Å²) in [6, 6.07) is 5.73. The number of hydrogen-bond donors (Lipinski definition) is 2. The second-order valence-electron chi connectivity index (χ2n) is 4.09. The van der Waals surface area contributed by atoms with Crippen molar-refractivity contribution in [1.82, 2.24) is 0 Å². The summed E-state index contributed by atoms with van der Waals surface area (Å²) in [5.74, 6) is 1.63. The van der Waals surface area contributed by atoms with Gasteiger partial charge in [0.2, 0.25) is 0 Å². The third-order valence-electron chi connectivity index (χ3n) is 2.44. The SMILES string of the molecule is CCOc1ccc(OCC)c(NCCC(C)O)c1. The van der Waals surface area contributed by atoms with Crippen LogP contribution < -0.4 is 14.8 Å². The molecule has 0 saturated heterocycles. The predicted molar refractivity (Wildman–Crippen MR) is 73.6 cm³/mol. The van der Waals surface area contributed by atoms with Gasteiger partial charge in [0.15, 0.2) is 0 Å². The molecule has 0 aromatic heterocycles. The number of hydrogen-bond acceptors (Lipinski definition) is 4. The number of aliphatic hydroxyl groups excluding tert-OH is 1. The summed E-state index contributed by atoms with van der Waals surface area (Å²) < 4.78 is 11.0. The standard InChI is InChI=1S/C14H23NO3/c1-4-17-12-6-7-14(18-5-2)13(10-12)15-9-8-11(3)16/h6-7,10-11,15-16H,4-5,8-9H2,1-3H3. The largest absolute Gasteiger partial charge is 0.494 e. The lowest BCUT2D eigenvalue weighted by Gasteiger charge is -2.14. The lowest BCUT2D eigenvalue weighted by Crippen LogP contribution is -2.10. The minimum Gasteiger partial charge on any atom is -0.494 e. The summed E-state index contributed by atoms with van der Waals surface area (Å²) >= 11 is 0. The van der Waals surface area contributed by atoms with Gasteiger partial charge in [-0.15, -0.1) is 0 Å². The highest BCUT2D eigenvalue weighted by molar-refractivity contribution is 5.59. The lowest BCUT2D eigenvalue weighted by molar-refractivity contribution is 0.188. The zero-order valence-electron chi connectivity index (χ0n) is 11.4. The zero-order valence-corrected chi connectivity index (χ0v) is 11.4. The van der Waals surface area contributed by atoms with Crippen molar-refractivity contribution >= 4 is 5.69 Å². The summed E-state index contributed by atoms with van der Waals surface area (Å²) in [5, 5.41) is 12.5. The Kier molecular flexibility index (Phi) is 6.36. The van der Waals surface area contributed by atoms with Crippen LogP contribution in [-0.4, -0.2) is 31.0 Å². The third kappa shape index (κ3) is 4.84. The van der Waals surface area contributed by atoms with Crippen LogP contribution in [0.15, 0.2) is 18.2 Å². The van der Waals surface area contributed by atoms with E-state index < -0.39 is 0 Å². The minimum atomic E-state index is -0.303. The molecule has 0 saturated carbocycles. The maximum Gasteiger partial charge on any atom is 0.142 e. The van der Waals surface area contributed by atoms with E-state index in [1.165, 1.54) is 0 Å². The molecule has 0 bridgehead atoms. The molecule has 4 heteroatoms. The van der Waals surface area contributed by atoms with Gasteiger partial charge < -0.3 is 19.9 Å². The van der Waals surface area contributed by atoms with Crippen molar-refractivity contribution in [2.24, 2.45) is 0 Å². The monoisotopic (exact) mass is 253 g/mol. The Morgan fingerprint density at radius 2 is 1.94 bits per heavy atom. The first kappa shape index (κ1) is 14.6. The van der Waals surface area contributed by atoms with Crippen molar-refractivity contribution < 1.29 is 14.6 Å². The molecule has 1 unspecified atom stereocenters. The van der Waals surface area contributed by atoms with E-state index in [9.17, 15) is 5.11 Å². The molecular formula is C14H23NO3. The van der Waals surface area contributed by atoms with Gasteiger partial charge in [-0.05, 0) is 39.3 Å². The molecule has 1 aromatic carbocycles. The molecule has 0 amide bonds. The minimum absolute atomic E-state index is 0.303. The molecule has 0 fully saturated rings. The predicted octanol–water partition coefficient (Wildman–Crippen LogP) is 2.67. The van der Waals surface area contributed by atoms with E-state index in [0.717, 1.165) is 17.2 Å². The number of anilines is 1. The molecule has 18 heavy (non-hydrogen) atoms. The van der Waals surface area contributed by atoms with E-state index in [1.54, 1.807) is 6.92 Å². The molecule has 2 N–H and O–H groups in total. The molecule has 1 atom stereocenters. The van der Waals surface area contributed by atoms with Crippen molar-refractivity contribution in [2.45, 2.75) is 33.3 Å². The number of aliphatic hydroxyl groups is 1. The lowest BCUT2D eigenvalue weighted by atomic mass is 10.2. The van der Waals surface area contributed by atoms with Crippen LogP contribution in [0.25, 0.3) is 0 Å². The van der Waals surface area contributed by atoms with Gasteiger partial charge in [-0.3, -0.25) is 0 Å². The van der Waals surface area contributed by atoms with Crippen molar-refractivity contribution in [2.75, 3.05) is 25.1 Å². The van der Waals surface area contributed by atoms with Crippen LogP contribution in [0.3, 0.4) is 0 Å². The van der Waals surface area contributed by atoms with Gasteiger partial charge in [0, 0.05) is 12.6 Å². The van der Waals surface area contributed by atoms with Gasteiger partial charge in [-0.1, -0.05) is 0 Å². The second-order valence-corrected chi connectivity index (χ2v) is 4.09. The van der Waals surface area contributed by atoms with E-state index in [0.29, 0.717) is 26.2 Å². The summed E-state index contributed by atoms with van der Waals surface area (Å²) in [7, 11) is 0. The number of rotatable bonds is 8. The smallest absolute Gasteiger partial charge is 0.142 e. The molecule has 0 spiro atoms. The fourth-order valence-corrected chi connectivity index (χ4v) is 1.60. The van der Waals surface area contributed by atoms with Gasteiger partial charge in [0.25, 0.3) is 0 Å². The van der Waals surface area contributed by atoms with Crippen LogP contribution >= 0.6 is 0 Å². The van der Waals surface area contributed by atoms with Crippen molar-refractivity contribution in [1.29, 1.82) is 0 Å². The van der Waals surface area contributed by atoms with Gasteiger partial charge in [-0.25, -0.2) is 0 Å². The Morgan fingerprint density at radius 1 is 1.22 bits per heavy atom. The fraction of sp³-hybridized carbons (Fsp3) is 0.571. The van der Waals surface area contributed by atoms with Crippen molar-refractivity contribution in [3.63, 3.8) is 0 Å². The van der Waals surface area contributed by atoms with E-state index in [4.69, 9.17) is 9.47 Å². The van der Waals surface area contributed by atoms with Crippen LogP contribution in [0.2, 0.25) is 0 Å². The highest BCUT2D eigenvalue weighted by Gasteiger charge is 2.06. The molecule has 0 heterocycles. The van der Waals surface area contributed by atoms with E-state index in [2.05, 4.69) is 5.32 Å². The van der Waals surface area contributed by atoms with Crippen molar-refractivity contribution in [3.8, 4) is 11.5 Å². The topological polar surface area (TPSA) is 50.7 Å². The highest BCUT2D eigenvalue weighted by Crippen LogP contribution is 2.29. The van der Waals surface area contributed by atoms with Gasteiger partial charge in [0.1, 0.15) is 11.5 Å². The molecular weight excluding hydrogens is 230 g/mol. The molecule has 1 aromatic rings. The Morgan fingerprint density at radius 3 is 2.56 bits per heavy atom. The van der Waals surface area contributed by atoms with Gasteiger partial charge in [-0.2, -0.15) is 0 Å². The maximum atomic E-state index is 9.25. The summed E-state index contributed by atoms with van der Waals surface area (Å²) in [5.41, 5.74) is 0.906. The molecule has 0 aliphatic heterocycles. The molecule has 4 nitrogen and oxygen atoms in total. The molecule has 1 rings (SSSR count). The number of nitrogens with one attached hydrogen (secondary N) is 1. The summed E-state index contributed by atoms with van der Waals surface area (Å²) in [6.07, 6.45) is 0.396. The maximum absolute atomic E-state index is 9.25. The third-order valence-corrected chi connectivity index (χ3v) is 2.44. The molecule has 0 aliphatic rings. The average molecular weight is 253 g/mol. The summed E-state index contributed by atoms with van der Waals surface area (Å²) in [4.78, 5) is 0. The van der Waals surface area contributed by atoms with Gasteiger partial charge >= 0.3 is 0 Å². The van der Waals surface area contributed by atoms with Gasteiger partial charge in [0.05, 0.1) is 25.0 Å². The number of ether oxygens (including phenoxy) is 2. The second kappa shape index (κ2) is 7.82. The quantitative estimate of drug-likeness (QED) is 0.748. The summed E-state index contributed by atoms with van der Waals surface area (Å²) in [6.45, 7) is 7.66. The molecule has 0 aliphatic carbocycles. The normalized spacial score (nSPS) is 12.0. The van der Waals surface area contributed by atoms with E-state index >= 15 is 0 Å². The fourth-order valence-electron chi connectivity index (χ4n) is 1.60. The Hall–Kier alpha value is -1.42. The highest BCUT2D eigenvalue weighted by atomic mass is 16.5. The van der Waals surface area contributed by atoms with Crippen LogP contribution in [0.4, 0.5) is 5.69 Å². The van der Waals surface area contributed by atoms with E-state index in [1.807, 2.05) is 32.0 Å².